The van der Waals surface area contributed by atoms with Crippen LogP contribution < -0.4 is 4.74 Å². The second kappa shape index (κ2) is 5.21. The summed E-state index contributed by atoms with van der Waals surface area (Å²) in [6.07, 6.45) is 3.35. The molecular formula is C10H11IO3. The fraction of sp³-hybridized carbons (Fsp3) is 0.200. The van der Waals surface area contributed by atoms with Gasteiger partial charge < -0.3 is 14.9 Å². The molecule has 0 aromatic heterocycles. The number of phenols is 1. The molecule has 0 aliphatic carbocycles. The Hall–Kier alpha value is -0.750. The zero-order valence-corrected chi connectivity index (χ0v) is 9.85. The van der Waals surface area contributed by atoms with Crippen LogP contribution in [0.1, 0.15) is 5.56 Å². The molecule has 1 aromatic carbocycles. The number of ether oxygens (including phenoxy) is 1. The normalized spacial score (nSPS) is 10.8. The number of methoxy groups -OCH3 is 1. The molecule has 4 heteroatoms. The smallest absolute Gasteiger partial charge is 0.173 e. The highest BCUT2D eigenvalue weighted by Gasteiger charge is 2.06. The Kier molecular flexibility index (Phi) is 4.21. The van der Waals surface area contributed by atoms with Crippen LogP contribution in [0.15, 0.2) is 18.2 Å². The molecular weight excluding hydrogens is 295 g/mol. The Morgan fingerprint density at radius 3 is 2.71 bits per heavy atom. The number of hydrogen-bond acceptors (Lipinski definition) is 3. The summed E-state index contributed by atoms with van der Waals surface area (Å²) < 4.78 is 5.84. The molecule has 0 atom stereocenters. The van der Waals surface area contributed by atoms with Gasteiger partial charge >= 0.3 is 0 Å². The van der Waals surface area contributed by atoms with Gasteiger partial charge in [-0.25, -0.2) is 0 Å². The van der Waals surface area contributed by atoms with Gasteiger partial charge in [0, 0.05) is 0 Å². The number of phenolic OH excluding ortho intramolecular Hbond substituents is 1. The maximum Gasteiger partial charge on any atom is 0.173 e. The first-order valence-corrected chi connectivity index (χ1v) is 5.10. The van der Waals surface area contributed by atoms with E-state index in [0.29, 0.717) is 5.75 Å². The van der Waals surface area contributed by atoms with Gasteiger partial charge in [0.2, 0.25) is 0 Å². The average Bonchev–Trinajstić information content (AvgIpc) is 2.14. The third kappa shape index (κ3) is 2.62. The van der Waals surface area contributed by atoms with E-state index in [1.165, 1.54) is 7.11 Å². The van der Waals surface area contributed by atoms with Crippen LogP contribution in [0, 0.1) is 3.57 Å². The van der Waals surface area contributed by atoms with Crippen LogP contribution in [0.3, 0.4) is 0 Å². The van der Waals surface area contributed by atoms with Crippen LogP contribution in [0.4, 0.5) is 0 Å². The second-order valence-electron chi connectivity index (χ2n) is 2.64. The zero-order valence-electron chi connectivity index (χ0n) is 7.70. The van der Waals surface area contributed by atoms with Gasteiger partial charge in [0.25, 0.3) is 0 Å². The number of aliphatic hydroxyl groups is 1. The van der Waals surface area contributed by atoms with Crippen molar-refractivity contribution in [3.63, 3.8) is 0 Å². The van der Waals surface area contributed by atoms with Crippen molar-refractivity contribution in [1.29, 1.82) is 0 Å². The lowest BCUT2D eigenvalue weighted by Gasteiger charge is -2.06. The summed E-state index contributed by atoms with van der Waals surface area (Å²) in [5.41, 5.74) is 0.835. The quantitative estimate of drug-likeness (QED) is 0.840. The number of halogens is 1. The van der Waals surface area contributed by atoms with E-state index in [4.69, 9.17) is 9.84 Å². The molecule has 0 aliphatic rings. The minimum atomic E-state index is -0.0105. The van der Waals surface area contributed by atoms with E-state index >= 15 is 0 Å². The lowest BCUT2D eigenvalue weighted by Crippen LogP contribution is -1.88. The summed E-state index contributed by atoms with van der Waals surface area (Å²) in [7, 11) is 1.51. The van der Waals surface area contributed by atoms with Crippen molar-refractivity contribution < 1.29 is 14.9 Å². The number of rotatable bonds is 3. The standard InChI is InChI=1S/C10H11IO3/c1-14-10-8(11)5-7(3-2-4-12)6-9(10)13/h2-3,5-6,12-13H,4H2,1H3/b3-2+. The molecule has 2 N–H and O–H groups in total. The molecule has 76 valence electrons. The summed E-state index contributed by atoms with van der Waals surface area (Å²) in [5, 5.41) is 18.1. The molecule has 14 heavy (non-hydrogen) atoms. The van der Waals surface area contributed by atoms with Crippen molar-refractivity contribution in [2.24, 2.45) is 0 Å². The SMILES string of the molecule is COc1c(O)cc(/C=C/CO)cc1I. The average molecular weight is 306 g/mol. The molecule has 0 fully saturated rings. The summed E-state index contributed by atoms with van der Waals surface area (Å²) in [5.74, 6) is 0.587. The van der Waals surface area contributed by atoms with Gasteiger partial charge in [0.1, 0.15) is 0 Å². The predicted molar refractivity (Wildman–Crippen MR) is 63.5 cm³/mol. The van der Waals surface area contributed by atoms with E-state index < -0.39 is 0 Å². The van der Waals surface area contributed by atoms with E-state index in [2.05, 4.69) is 22.6 Å². The van der Waals surface area contributed by atoms with Crippen molar-refractivity contribution in [3.05, 3.63) is 27.3 Å². The van der Waals surface area contributed by atoms with Crippen LogP contribution in [-0.2, 0) is 0 Å². The van der Waals surface area contributed by atoms with Crippen LogP contribution in [0.2, 0.25) is 0 Å². The first-order valence-electron chi connectivity index (χ1n) is 4.03. The largest absolute Gasteiger partial charge is 0.504 e. The Labute approximate surface area is 96.2 Å². The van der Waals surface area contributed by atoms with E-state index in [1.54, 1.807) is 18.2 Å². The van der Waals surface area contributed by atoms with Crippen molar-refractivity contribution >= 4 is 28.7 Å². The molecule has 0 heterocycles. The van der Waals surface area contributed by atoms with Crippen LogP contribution >= 0.6 is 22.6 Å². The monoisotopic (exact) mass is 306 g/mol. The number of aliphatic hydroxyl groups excluding tert-OH is 1. The first-order chi connectivity index (χ1) is 6.69. The summed E-state index contributed by atoms with van der Waals surface area (Å²) in [6.45, 7) is -0.0105. The van der Waals surface area contributed by atoms with E-state index in [9.17, 15) is 5.11 Å². The first kappa shape index (κ1) is 11.3. The molecule has 1 rings (SSSR count). The molecule has 0 unspecified atom stereocenters. The fourth-order valence-corrected chi connectivity index (χ4v) is 1.94. The minimum absolute atomic E-state index is 0.0105. The van der Waals surface area contributed by atoms with Gasteiger partial charge in [-0.1, -0.05) is 12.2 Å². The Balaban J connectivity index is 3.07. The third-order valence-corrected chi connectivity index (χ3v) is 2.47. The third-order valence-electron chi connectivity index (χ3n) is 1.67. The van der Waals surface area contributed by atoms with Gasteiger partial charge in [-0.3, -0.25) is 0 Å². The van der Waals surface area contributed by atoms with Gasteiger partial charge in [-0.15, -0.1) is 0 Å². The van der Waals surface area contributed by atoms with Crippen molar-refractivity contribution in [2.75, 3.05) is 13.7 Å². The Bertz CT molecular complexity index is 324. The fourth-order valence-electron chi connectivity index (χ4n) is 1.09. The lowest BCUT2D eigenvalue weighted by atomic mass is 10.2. The summed E-state index contributed by atoms with van der Waals surface area (Å²) >= 11 is 2.08. The van der Waals surface area contributed by atoms with Gasteiger partial charge in [0.05, 0.1) is 17.3 Å². The Morgan fingerprint density at radius 2 is 2.21 bits per heavy atom. The highest BCUT2D eigenvalue weighted by atomic mass is 127. The van der Waals surface area contributed by atoms with Gasteiger partial charge in [-0.2, -0.15) is 0 Å². The van der Waals surface area contributed by atoms with Gasteiger partial charge in [0.15, 0.2) is 11.5 Å². The van der Waals surface area contributed by atoms with Crippen molar-refractivity contribution in [3.8, 4) is 11.5 Å². The van der Waals surface area contributed by atoms with E-state index in [-0.39, 0.29) is 12.4 Å². The highest BCUT2D eigenvalue weighted by Crippen LogP contribution is 2.32. The summed E-state index contributed by atoms with van der Waals surface area (Å²) in [4.78, 5) is 0. The molecule has 0 amide bonds. The van der Waals surface area contributed by atoms with Crippen molar-refractivity contribution in [2.45, 2.75) is 0 Å². The lowest BCUT2D eigenvalue weighted by molar-refractivity contribution is 0.343. The highest BCUT2D eigenvalue weighted by molar-refractivity contribution is 14.1. The molecule has 0 radical (unpaired) electrons. The van der Waals surface area contributed by atoms with E-state index in [1.807, 2.05) is 6.07 Å². The number of hydrogen-bond donors (Lipinski definition) is 2. The maximum absolute atomic E-state index is 9.55. The van der Waals surface area contributed by atoms with E-state index in [0.717, 1.165) is 9.13 Å². The van der Waals surface area contributed by atoms with Crippen LogP contribution in [0.25, 0.3) is 6.08 Å². The molecule has 3 nitrogen and oxygen atoms in total. The van der Waals surface area contributed by atoms with Crippen LogP contribution in [-0.4, -0.2) is 23.9 Å². The topological polar surface area (TPSA) is 49.7 Å². The Morgan fingerprint density at radius 1 is 1.50 bits per heavy atom. The zero-order chi connectivity index (χ0) is 10.6. The summed E-state index contributed by atoms with van der Waals surface area (Å²) in [6, 6.07) is 3.46. The van der Waals surface area contributed by atoms with Gasteiger partial charge in [-0.05, 0) is 40.3 Å². The molecule has 0 spiro atoms. The molecule has 0 saturated carbocycles. The molecule has 0 aliphatic heterocycles. The maximum atomic E-state index is 9.55. The molecule has 0 saturated heterocycles. The molecule has 0 bridgehead atoms. The predicted octanol–water partition coefficient (Wildman–Crippen LogP) is 2.01. The van der Waals surface area contributed by atoms with Crippen molar-refractivity contribution in [1.82, 2.24) is 0 Å². The molecule has 1 aromatic rings. The number of benzene rings is 1. The number of aromatic hydroxyl groups is 1. The minimum Gasteiger partial charge on any atom is -0.504 e. The van der Waals surface area contributed by atoms with Crippen LogP contribution in [0.5, 0.6) is 11.5 Å². The second-order valence-corrected chi connectivity index (χ2v) is 3.80.